The van der Waals surface area contributed by atoms with Gasteiger partial charge in [-0.3, -0.25) is 5.01 Å². The van der Waals surface area contributed by atoms with Gasteiger partial charge in [0.1, 0.15) is 5.70 Å². The van der Waals surface area contributed by atoms with Gasteiger partial charge in [-0.25, -0.2) is 0 Å². The van der Waals surface area contributed by atoms with Gasteiger partial charge in [0, 0.05) is 0 Å². The highest BCUT2D eigenvalue weighted by Crippen LogP contribution is 2.33. The van der Waals surface area contributed by atoms with Gasteiger partial charge in [0.05, 0.1) is 31.5 Å². The number of aliphatic imine (C=N–C) groups is 1. The van der Waals surface area contributed by atoms with Crippen LogP contribution in [-0.2, 0) is 9.47 Å². The molecule has 1 fully saturated rings. The van der Waals surface area contributed by atoms with Crippen LogP contribution in [0.15, 0.2) is 21.9 Å². The topological polar surface area (TPSA) is 92.7 Å². The first-order chi connectivity index (χ1) is 10.7. The molecule has 122 valence electrons. The van der Waals surface area contributed by atoms with E-state index in [-0.39, 0.29) is 30.8 Å². The van der Waals surface area contributed by atoms with E-state index in [0.717, 1.165) is 37.8 Å². The molecule has 0 bridgehead atoms. The first kappa shape index (κ1) is 15.3. The Kier molecular flexibility index (Phi) is 4.63. The average molecular weight is 308 g/mol. The lowest BCUT2D eigenvalue weighted by molar-refractivity contribution is -0.0259. The summed E-state index contributed by atoms with van der Waals surface area (Å²) >= 11 is 0. The smallest absolute Gasteiger partial charge is 0.242 e. The van der Waals surface area contributed by atoms with Crippen molar-refractivity contribution in [1.82, 2.24) is 5.01 Å². The maximum absolute atomic E-state index is 9.29. The van der Waals surface area contributed by atoms with E-state index in [0.29, 0.717) is 12.5 Å². The van der Waals surface area contributed by atoms with Crippen LogP contribution in [0.5, 0.6) is 0 Å². The van der Waals surface area contributed by atoms with Crippen molar-refractivity contribution in [2.24, 2.45) is 15.8 Å². The van der Waals surface area contributed by atoms with Crippen LogP contribution in [-0.4, -0.2) is 53.4 Å². The zero-order valence-corrected chi connectivity index (χ0v) is 12.9. The van der Waals surface area contributed by atoms with Crippen molar-refractivity contribution in [3.05, 3.63) is 11.8 Å². The minimum atomic E-state index is -0.0631. The molecule has 3 heterocycles. The summed E-state index contributed by atoms with van der Waals surface area (Å²) in [5, 5.41) is 15.6. The molecule has 1 saturated heterocycles. The number of aliphatic hydroxyl groups is 1. The monoisotopic (exact) mass is 308 g/mol. The van der Waals surface area contributed by atoms with Gasteiger partial charge in [-0.1, -0.05) is 6.08 Å². The average Bonchev–Trinajstić information content (AvgIpc) is 2.88. The van der Waals surface area contributed by atoms with Crippen LogP contribution in [0.25, 0.3) is 0 Å². The Balaban J connectivity index is 1.84. The molecule has 3 atom stereocenters. The number of fused-ring (bicyclic) bond motifs is 1. The van der Waals surface area contributed by atoms with Crippen molar-refractivity contribution in [2.45, 2.75) is 57.3 Å². The zero-order valence-electron chi connectivity index (χ0n) is 12.9. The van der Waals surface area contributed by atoms with Crippen molar-refractivity contribution in [2.75, 3.05) is 13.2 Å². The summed E-state index contributed by atoms with van der Waals surface area (Å²) in [6.07, 6.45) is 6.90. The van der Waals surface area contributed by atoms with Gasteiger partial charge in [-0.15, -0.1) is 5.10 Å². The van der Waals surface area contributed by atoms with Gasteiger partial charge in [0.15, 0.2) is 0 Å². The van der Waals surface area contributed by atoms with E-state index >= 15 is 0 Å². The maximum Gasteiger partial charge on any atom is 0.242 e. The minimum Gasteiger partial charge on any atom is -0.476 e. The highest BCUT2D eigenvalue weighted by atomic mass is 16.5. The molecule has 7 heteroatoms. The number of rotatable bonds is 3. The van der Waals surface area contributed by atoms with Crippen LogP contribution in [0.4, 0.5) is 0 Å². The fraction of sp³-hybridized carbons (Fsp3) is 0.733. The maximum atomic E-state index is 9.29. The third-order valence-electron chi connectivity index (χ3n) is 4.30. The predicted molar refractivity (Wildman–Crippen MR) is 83.2 cm³/mol. The van der Waals surface area contributed by atoms with Gasteiger partial charge in [-0.05, 0) is 39.0 Å². The molecule has 3 aliphatic heterocycles. The quantitative estimate of drug-likeness (QED) is 0.809. The van der Waals surface area contributed by atoms with E-state index in [1.54, 1.807) is 0 Å². The third-order valence-corrected chi connectivity index (χ3v) is 4.30. The van der Waals surface area contributed by atoms with Crippen LogP contribution in [0.2, 0.25) is 0 Å². The second-order valence-corrected chi connectivity index (χ2v) is 5.80. The summed E-state index contributed by atoms with van der Waals surface area (Å²) in [6.45, 7) is 2.53. The Morgan fingerprint density at radius 2 is 2.32 bits per heavy atom. The first-order valence-corrected chi connectivity index (χ1v) is 8.04. The van der Waals surface area contributed by atoms with Gasteiger partial charge < -0.3 is 20.3 Å². The molecule has 0 aromatic carbocycles. The molecule has 3 aliphatic rings. The normalized spacial score (nSPS) is 31.8. The van der Waals surface area contributed by atoms with Crippen LogP contribution in [0.3, 0.4) is 0 Å². The van der Waals surface area contributed by atoms with E-state index in [1.165, 1.54) is 0 Å². The highest BCUT2D eigenvalue weighted by Gasteiger charge is 2.39. The summed E-state index contributed by atoms with van der Waals surface area (Å²) in [6, 6.07) is 0.106. The predicted octanol–water partition coefficient (Wildman–Crippen LogP) is 0.943. The van der Waals surface area contributed by atoms with E-state index in [2.05, 4.69) is 16.2 Å². The van der Waals surface area contributed by atoms with Crippen LogP contribution < -0.4 is 5.73 Å². The van der Waals surface area contributed by atoms with Gasteiger partial charge in [0.25, 0.3) is 0 Å². The van der Waals surface area contributed by atoms with E-state index in [9.17, 15) is 5.11 Å². The Morgan fingerprint density at radius 3 is 3.05 bits per heavy atom. The van der Waals surface area contributed by atoms with Crippen molar-refractivity contribution < 1.29 is 14.6 Å². The first-order valence-electron chi connectivity index (χ1n) is 8.04. The lowest BCUT2D eigenvalue weighted by atomic mass is 10.0. The fourth-order valence-corrected chi connectivity index (χ4v) is 3.30. The summed E-state index contributed by atoms with van der Waals surface area (Å²) in [4.78, 5) is 4.22. The number of allylic oxidation sites excluding steroid dienone is 1. The summed E-state index contributed by atoms with van der Waals surface area (Å²) < 4.78 is 11.6. The Hall–Kier alpha value is -1.60. The molecular formula is C15H24N4O3. The number of aliphatic hydroxyl groups excluding tert-OH is 1. The van der Waals surface area contributed by atoms with Crippen molar-refractivity contribution in [1.29, 1.82) is 0 Å². The molecular weight excluding hydrogens is 284 g/mol. The molecule has 7 nitrogen and oxygen atoms in total. The number of nitrogens with two attached hydrogens (primary N) is 1. The number of nitrogens with zero attached hydrogens (tertiary/aromatic N) is 3. The largest absolute Gasteiger partial charge is 0.476 e. The zero-order chi connectivity index (χ0) is 15.5. The molecule has 0 aromatic heterocycles. The van der Waals surface area contributed by atoms with E-state index in [1.807, 2.05) is 11.9 Å². The molecule has 0 amide bonds. The van der Waals surface area contributed by atoms with E-state index < -0.39 is 0 Å². The molecule has 3 N–H and O–H groups in total. The molecule has 0 radical (unpaired) electrons. The van der Waals surface area contributed by atoms with Gasteiger partial charge in [-0.2, -0.15) is 4.99 Å². The van der Waals surface area contributed by atoms with Crippen LogP contribution >= 0.6 is 0 Å². The van der Waals surface area contributed by atoms with Gasteiger partial charge in [0.2, 0.25) is 11.9 Å². The molecule has 0 aliphatic carbocycles. The highest BCUT2D eigenvalue weighted by molar-refractivity contribution is 6.03. The Labute approximate surface area is 130 Å². The van der Waals surface area contributed by atoms with Crippen LogP contribution in [0.1, 0.15) is 39.0 Å². The summed E-state index contributed by atoms with van der Waals surface area (Å²) in [5.41, 5.74) is 6.74. The van der Waals surface area contributed by atoms with Crippen molar-refractivity contribution in [3.63, 3.8) is 0 Å². The standard InChI is InChI=1S/C15H24N4O3/c1-2-21-14-12-6-4-3-5-11(19(12)18-15(16)17-14)13-8-7-10(9-20)22-13/h6,10-11,13,20H,2-5,7-9H2,1H3,(H2,16,18). The molecule has 3 rings (SSSR count). The lowest BCUT2D eigenvalue weighted by Crippen LogP contribution is -2.44. The minimum absolute atomic E-state index is 0.0520. The second kappa shape index (κ2) is 6.66. The molecule has 0 spiro atoms. The number of hydrogen-bond donors (Lipinski definition) is 2. The SMILES string of the molecule is CCOC1=NC(N)=NN2C1=CCCCC2C1CCC(CO)O1. The third kappa shape index (κ3) is 2.96. The summed E-state index contributed by atoms with van der Waals surface area (Å²) in [5.74, 6) is 0.753. The molecule has 22 heavy (non-hydrogen) atoms. The van der Waals surface area contributed by atoms with Crippen molar-refractivity contribution >= 4 is 11.9 Å². The fourth-order valence-electron chi connectivity index (χ4n) is 3.30. The van der Waals surface area contributed by atoms with Crippen molar-refractivity contribution in [3.8, 4) is 0 Å². The molecule has 0 aromatic rings. The van der Waals surface area contributed by atoms with E-state index in [4.69, 9.17) is 15.2 Å². The summed E-state index contributed by atoms with van der Waals surface area (Å²) in [7, 11) is 0. The number of ether oxygens (including phenoxy) is 2. The van der Waals surface area contributed by atoms with Gasteiger partial charge >= 0.3 is 0 Å². The Morgan fingerprint density at radius 1 is 1.45 bits per heavy atom. The number of guanidine groups is 1. The molecule has 3 unspecified atom stereocenters. The lowest BCUT2D eigenvalue weighted by Gasteiger charge is -2.35. The number of hydrogen-bond acceptors (Lipinski definition) is 7. The number of hydrazone groups is 1. The second-order valence-electron chi connectivity index (χ2n) is 5.80. The Bertz CT molecular complexity index is 503. The van der Waals surface area contributed by atoms with Crippen LogP contribution in [0, 0.1) is 0 Å². The molecule has 0 saturated carbocycles.